The van der Waals surface area contributed by atoms with Crippen LogP contribution in [0.1, 0.15) is 18.5 Å². The third-order valence-corrected chi connectivity index (χ3v) is 3.05. The van der Waals surface area contributed by atoms with E-state index in [1.807, 2.05) is 19.1 Å². The Morgan fingerprint density at radius 2 is 2.00 bits per heavy atom. The van der Waals surface area contributed by atoms with Crippen molar-refractivity contribution in [1.29, 1.82) is 0 Å². The maximum absolute atomic E-state index is 11.8. The highest BCUT2D eigenvalue weighted by molar-refractivity contribution is 5.78. The summed E-state index contributed by atoms with van der Waals surface area (Å²) in [6.07, 6.45) is 0. The van der Waals surface area contributed by atoms with Gasteiger partial charge in [-0.3, -0.25) is 4.79 Å². The van der Waals surface area contributed by atoms with Gasteiger partial charge in [-0.1, -0.05) is 0 Å². The summed E-state index contributed by atoms with van der Waals surface area (Å²) < 4.78 is 15.4. The van der Waals surface area contributed by atoms with Gasteiger partial charge in [0.05, 0.1) is 33.4 Å². The second kappa shape index (κ2) is 9.20. The van der Waals surface area contributed by atoms with Crippen LogP contribution < -0.4 is 20.1 Å². The van der Waals surface area contributed by atoms with Crippen LogP contribution in [0.2, 0.25) is 0 Å². The van der Waals surface area contributed by atoms with Crippen molar-refractivity contribution in [2.45, 2.75) is 13.0 Å². The van der Waals surface area contributed by atoms with Crippen molar-refractivity contribution in [3.05, 3.63) is 23.8 Å². The maximum Gasteiger partial charge on any atom is 0.234 e. The van der Waals surface area contributed by atoms with Crippen LogP contribution in [0.4, 0.5) is 0 Å². The third-order valence-electron chi connectivity index (χ3n) is 3.05. The fourth-order valence-corrected chi connectivity index (χ4v) is 1.92. The maximum atomic E-state index is 11.8. The molecule has 1 unspecified atom stereocenters. The topological polar surface area (TPSA) is 68.8 Å². The molecule has 0 aliphatic rings. The SMILES string of the molecule is COCCNCC(=O)NC(C)c1ccc(OC)cc1OC. The molecule has 0 saturated carbocycles. The number of benzene rings is 1. The quantitative estimate of drug-likeness (QED) is 0.668. The van der Waals surface area contributed by atoms with E-state index in [2.05, 4.69) is 10.6 Å². The lowest BCUT2D eigenvalue weighted by Gasteiger charge is -2.18. The largest absolute Gasteiger partial charge is 0.497 e. The lowest BCUT2D eigenvalue weighted by molar-refractivity contribution is -0.120. The van der Waals surface area contributed by atoms with Gasteiger partial charge < -0.3 is 24.8 Å². The third kappa shape index (κ3) is 5.61. The summed E-state index contributed by atoms with van der Waals surface area (Å²) in [4.78, 5) is 11.8. The smallest absolute Gasteiger partial charge is 0.234 e. The lowest BCUT2D eigenvalue weighted by atomic mass is 10.1. The molecule has 0 saturated heterocycles. The first-order chi connectivity index (χ1) is 10.1. The molecule has 1 amide bonds. The minimum atomic E-state index is -0.150. The van der Waals surface area contributed by atoms with E-state index in [9.17, 15) is 4.79 Å². The van der Waals surface area contributed by atoms with Crippen LogP contribution in [0.3, 0.4) is 0 Å². The summed E-state index contributed by atoms with van der Waals surface area (Å²) in [5.41, 5.74) is 0.906. The molecule has 1 atom stereocenters. The zero-order chi connectivity index (χ0) is 15.7. The molecule has 0 aliphatic carbocycles. The highest BCUT2D eigenvalue weighted by Gasteiger charge is 2.14. The highest BCUT2D eigenvalue weighted by Crippen LogP contribution is 2.29. The van der Waals surface area contributed by atoms with Crippen molar-refractivity contribution in [3.8, 4) is 11.5 Å². The number of nitrogens with one attached hydrogen (secondary N) is 2. The van der Waals surface area contributed by atoms with Crippen LogP contribution in [0.5, 0.6) is 11.5 Å². The number of rotatable bonds is 9. The Labute approximate surface area is 125 Å². The fraction of sp³-hybridized carbons (Fsp3) is 0.533. The van der Waals surface area contributed by atoms with Crippen molar-refractivity contribution < 1.29 is 19.0 Å². The molecule has 0 aliphatic heterocycles. The van der Waals surface area contributed by atoms with Crippen molar-refractivity contribution in [2.75, 3.05) is 41.0 Å². The number of amides is 1. The Morgan fingerprint density at radius 3 is 2.62 bits per heavy atom. The summed E-state index contributed by atoms with van der Waals surface area (Å²) in [6.45, 7) is 3.39. The van der Waals surface area contributed by atoms with Crippen LogP contribution >= 0.6 is 0 Å². The van der Waals surface area contributed by atoms with Crippen molar-refractivity contribution in [2.24, 2.45) is 0 Å². The Hall–Kier alpha value is -1.79. The molecule has 1 aromatic carbocycles. The highest BCUT2D eigenvalue weighted by atomic mass is 16.5. The molecular weight excluding hydrogens is 272 g/mol. The molecule has 1 rings (SSSR count). The van der Waals surface area contributed by atoms with Gasteiger partial charge in [0.15, 0.2) is 0 Å². The molecule has 0 spiro atoms. The molecule has 0 heterocycles. The van der Waals surface area contributed by atoms with Crippen LogP contribution in [0.25, 0.3) is 0 Å². The molecule has 1 aromatic rings. The average molecular weight is 296 g/mol. The standard InChI is InChI=1S/C15H24N2O4/c1-11(17-15(18)10-16-7-8-19-2)13-6-5-12(20-3)9-14(13)21-4/h5-6,9,11,16H,7-8,10H2,1-4H3,(H,17,18). The summed E-state index contributed by atoms with van der Waals surface area (Å²) in [7, 11) is 4.82. The van der Waals surface area contributed by atoms with E-state index in [-0.39, 0.29) is 18.5 Å². The minimum absolute atomic E-state index is 0.0727. The van der Waals surface area contributed by atoms with E-state index in [1.54, 1.807) is 27.4 Å². The van der Waals surface area contributed by atoms with Crippen LogP contribution in [-0.4, -0.2) is 46.9 Å². The first-order valence-corrected chi connectivity index (χ1v) is 6.83. The van der Waals surface area contributed by atoms with Gasteiger partial charge >= 0.3 is 0 Å². The average Bonchev–Trinajstić information content (AvgIpc) is 2.50. The predicted octanol–water partition coefficient (Wildman–Crippen LogP) is 1.12. The molecule has 6 nitrogen and oxygen atoms in total. The normalized spacial score (nSPS) is 11.8. The second-order valence-corrected chi connectivity index (χ2v) is 4.57. The Kier molecular flexibility index (Phi) is 7.56. The van der Waals surface area contributed by atoms with E-state index >= 15 is 0 Å². The lowest BCUT2D eigenvalue weighted by Crippen LogP contribution is -2.36. The van der Waals surface area contributed by atoms with Gasteiger partial charge in [-0.15, -0.1) is 0 Å². The van der Waals surface area contributed by atoms with Gasteiger partial charge in [-0.2, -0.15) is 0 Å². The fourth-order valence-electron chi connectivity index (χ4n) is 1.92. The minimum Gasteiger partial charge on any atom is -0.497 e. The van der Waals surface area contributed by atoms with E-state index < -0.39 is 0 Å². The van der Waals surface area contributed by atoms with Crippen molar-refractivity contribution in [1.82, 2.24) is 10.6 Å². The van der Waals surface area contributed by atoms with Crippen LogP contribution in [0.15, 0.2) is 18.2 Å². The Balaban J connectivity index is 2.58. The molecule has 21 heavy (non-hydrogen) atoms. The molecule has 0 fully saturated rings. The molecule has 118 valence electrons. The Bertz CT molecular complexity index is 451. The molecule has 2 N–H and O–H groups in total. The predicted molar refractivity (Wildman–Crippen MR) is 80.8 cm³/mol. The molecule has 0 bridgehead atoms. The van der Waals surface area contributed by atoms with Crippen molar-refractivity contribution in [3.63, 3.8) is 0 Å². The van der Waals surface area contributed by atoms with Gasteiger partial charge in [0.2, 0.25) is 5.91 Å². The molecule has 0 radical (unpaired) electrons. The summed E-state index contributed by atoms with van der Waals surface area (Å²) in [5.74, 6) is 1.33. The summed E-state index contributed by atoms with van der Waals surface area (Å²) >= 11 is 0. The molecule has 6 heteroatoms. The molecular formula is C15H24N2O4. The van der Waals surface area contributed by atoms with E-state index in [0.29, 0.717) is 18.9 Å². The zero-order valence-electron chi connectivity index (χ0n) is 13.1. The number of ether oxygens (including phenoxy) is 3. The first kappa shape index (κ1) is 17.3. The number of hydrogen-bond donors (Lipinski definition) is 2. The van der Waals surface area contributed by atoms with Gasteiger partial charge in [0.1, 0.15) is 11.5 Å². The van der Waals surface area contributed by atoms with Gasteiger partial charge in [-0.25, -0.2) is 0 Å². The Morgan fingerprint density at radius 1 is 1.24 bits per heavy atom. The van der Waals surface area contributed by atoms with Gasteiger partial charge in [0.25, 0.3) is 0 Å². The van der Waals surface area contributed by atoms with Gasteiger partial charge in [-0.05, 0) is 19.1 Å². The second-order valence-electron chi connectivity index (χ2n) is 4.57. The number of carbonyl (C=O) groups is 1. The van der Waals surface area contributed by atoms with Crippen molar-refractivity contribution >= 4 is 5.91 Å². The zero-order valence-corrected chi connectivity index (χ0v) is 13.1. The van der Waals surface area contributed by atoms with Gasteiger partial charge in [0, 0.05) is 25.3 Å². The van der Waals surface area contributed by atoms with E-state index in [0.717, 1.165) is 11.3 Å². The monoisotopic (exact) mass is 296 g/mol. The molecule has 0 aromatic heterocycles. The number of methoxy groups -OCH3 is 3. The number of hydrogen-bond acceptors (Lipinski definition) is 5. The first-order valence-electron chi connectivity index (χ1n) is 6.83. The number of carbonyl (C=O) groups excluding carboxylic acids is 1. The van der Waals surface area contributed by atoms with Crippen LogP contribution in [0, 0.1) is 0 Å². The van der Waals surface area contributed by atoms with E-state index in [4.69, 9.17) is 14.2 Å². The van der Waals surface area contributed by atoms with E-state index in [1.165, 1.54) is 0 Å². The summed E-state index contributed by atoms with van der Waals surface area (Å²) in [5, 5.41) is 5.92. The summed E-state index contributed by atoms with van der Waals surface area (Å²) in [6, 6.07) is 5.38. The van der Waals surface area contributed by atoms with Crippen LogP contribution in [-0.2, 0) is 9.53 Å².